The van der Waals surface area contributed by atoms with Gasteiger partial charge in [0.05, 0.1) is 17.3 Å². The van der Waals surface area contributed by atoms with Gasteiger partial charge >= 0.3 is 0 Å². The zero-order chi connectivity index (χ0) is 19.2. The van der Waals surface area contributed by atoms with Crippen LogP contribution in [-0.4, -0.2) is 56.7 Å². The lowest BCUT2D eigenvalue weighted by molar-refractivity contribution is -0.120. The summed E-state index contributed by atoms with van der Waals surface area (Å²) in [5.74, 6) is 1.33. The van der Waals surface area contributed by atoms with Gasteiger partial charge in [0.1, 0.15) is 11.5 Å². The molecule has 0 radical (unpaired) electrons. The summed E-state index contributed by atoms with van der Waals surface area (Å²) in [6.45, 7) is 1.24. The number of benzene rings is 2. The fourth-order valence-corrected chi connectivity index (χ4v) is 3.54. The standard InChI is InChI=1S/C20H23N3O3S/c1-22(2)11-12-23(19(24)14-26-15-7-5-4-6-8-15)20-21-17-10-9-16(25-3)13-18(17)27-20/h4-10,13H,11-12,14H2,1-3H3. The zero-order valence-electron chi connectivity index (χ0n) is 15.7. The van der Waals surface area contributed by atoms with Crippen molar-refractivity contribution in [1.29, 1.82) is 0 Å². The maximum absolute atomic E-state index is 12.9. The van der Waals surface area contributed by atoms with E-state index in [1.807, 2.05) is 67.5 Å². The van der Waals surface area contributed by atoms with Crippen molar-refractivity contribution in [3.05, 3.63) is 48.5 Å². The molecule has 1 amide bonds. The Morgan fingerprint density at radius 1 is 1.07 bits per heavy atom. The van der Waals surface area contributed by atoms with E-state index < -0.39 is 0 Å². The first-order valence-electron chi connectivity index (χ1n) is 8.64. The topological polar surface area (TPSA) is 54.9 Å². The van der Waals surface area contributed by atoms with Crippen molar-refractivity contribution in [1.82, 2.24) is 9.88 Å². The number of rotatable bonds is 8. The number of hydrogen-bond acceptors (Lipinski definition) is 6. The van der Waals surface area contributed by atoms with Crippen LogP contribution in [0.5, 0.6) is 11.5 Å². The van der Waals surface area contributed by atoms with E-state index >= 15 is 0 Å². The second-order valence-corrected chi connectivity index (χ2v) is 7.29. The Labute approximate surface area is 162 Å². The third kappa shape index (κ3) is 4.96. The molecule has 0 saturated carbocycles. The van der Waals surface area contributed by atoms with Crippen LogP contribution in [0.25, 0.3) is 10.2 Å². The molecule has 142 valence electrons. The molecule has 0 spiro atoms. The van der Waals surface area contributed by atoms with E-state index in [4.69, 9.17) is 9.47 Å². The van der Waals surface area contributed by atoms with Crippen LogP contribution in [0.2, 0.25) is 0 Å². The van der Waals surface area contributed by atoms with Crippen LogP contribution >= 0.6 is 11.3 Å². The van der Waals surface area contributed by atoms with Gasteiger partial charge < -0.3 is 14.4 Å². The van der Waals surface area contributed by atoms with Gasteiger partial charge in [0.15, 0.2) is 11.7 Å². The van der Waals surface area contributed by atoms with E-state index in [0.717, 1.165) is 22.5 Å². The normalized spacial score (nSPS) is 11.0. The molecule has 0 fully saturated rings. The van der Waals surface area contributed by atoms with Gasteiger partial charge in [-0.3, -0.25) is 9.69 Å². The molecular weight excluding hydrogens is 362 g/mol. The Morgan fingerprint density at radius 2 is 1.85 bits per heavy atom. The molecule has 2 aromatic carbocycles. The second kappa shape index (κ2) is 8.83. The number of methoxy groups -OCH3 is 1. The summed E-state index contributed by atoms with van der Waals surface area (Å²) in [7, 11) is 5.59. The van der Waals surface area contributed by atoms with Crippen LogP contribution in [0.1, 0.15) is 0 Å². The van der Waals surface area contributed by atoms with Gasteiger partial charge in [0.2, 0.25) is 0 Å². The van der Waals surface area contributed by atoms with Gasteiger partial charge in [-0.05, 0) is 44.4 Å². The maximum atomic E-state index is 12.9. The minimum absolute atomic E-state index is 0.0311. The van der Waals surface area contributed by atoms with Crippen molar-refractivity contribution in [2.45, 2.75) is 0 Å². The third-order valence-electron chi connectivity index (χ3n) is 3.99. The van der Waals surface area contributed by atoms with Crippen molar-refractivity contribution in [2.24, 2.45) is 0 Å². The molecule has 0 aliphatic heterocycles. The van der Waals surface area contributed by atoms with Gasteiger partial charge in [-0.2, -0.15) is 0 Å². The Hall–Kier alpha value is -2.64. The third-order valence-corrected chi connectivity index (χ3v) is 5.03. The Kier molecular flexibility index (Phi) is 6.26. The smallest absolute Gasteiger partial charge is 0.266 e. The van der Waals surface area contributed by atoms with Crippen LogP contribution in [-0.2, 0) is 4.79 Å². The molecule has 0 bridgehead atoms. The first-order valence-corrected chi connectivity index (χ1v) is 9.46. The first kappa shape index (κ1) is 19.1. The van der Waals surface area contributed by atoms with Crippen molar-refractivity contribution in [2.75, 3.05) is 45.8 Å². The molecule has 0 unspecified atom stereocenters. The minimum atomic E-state index is -0.119. The number of carbonyl (C=O) groups excluding carboxylic acids is 1. The Bertz CT molecular complexity index is 896. The quantitative estimate of drug-likeness (QED) is 0.596. The van der Waals surface area contributed by atoms with E-state index in [9.17, 15) is 4.79 Å². The van der Waals surface area contributed by atoms with Crippen LogP contribution in [0.4, 0.5) is 5.13 Å². The minimum Gasteiger partial charge on any atom is -0.497 e. The van der Waals surface area contributed by atoms with Gasteiger partial charge in [-0.1, -0.05) is 29.5 Å². The van der Waals surface area contributed by atoms with Crippen molar-refractivity contribution in [3.63, 3.8) is 0 Å². The average Bonchev–Trinajstić information content (AvgIpc) is 3.09. The SMILES string of the molecule is COc1ccc2nc(N(CCN(C)C)C(=O)COc3ccccc3)sc2c1. The summed E-state index contributed by atoms with van der Waals surface area (Å²) in [4.78, 5) is 21.2. The maximum Gasteiger partial charge on any atom is 0.266 e. The highest BCUT2D eigenvalue weighted by Crippen LogP contribution is 2.31. The van der Waals surface area contributed by atoms with Crippen LogP contribution < -0.4 is 14.4 Å². The number of anilines is 1. The van der Waals surface area contributed by atoms with E-state index in [1.165, 1.54) is 11.3 Å². The molecule has 27 heavy (non-hydrogen) atoms. The lowest BCUT2D eigenvalue weighted by Crippen LogP contribution is -2.39. The molecule has 0 N–H and O–H groups in total. The lowest BCUT2D eigenvalue weighted by atomic mass is 10.3. The molecule has 7 heteroatoms. The average molecular weight is 385 g/mol. The van der Waals surface area contributed by atoms with Gasteiger partial charge in [0.25, 0.3) is 5.91 Å². The van der Waals surface area contributed by atoms with E-state index in [1.54, 1.807) is 12.0 Å². The van der Waals surface area contributed by atoms with Crippen LogP contribution in [0.15, 0.2) is 48.5 Å². The number of amides is 1. The molecule has 3 aromatic rings. The van der Waals surface area contributed by atoms with Gasteiger partial charge in [-0.25, -0.2) is 4.98 Å². The fraction of sp³-hybridized carbons (Fsp3) is 0.300. The van der Waals surface area contributed by atoms with Crippen molar-refractivity contribution < 1.29 is 14.3 Å². The Morgan fingerprint density at radius 3 is 2.56 bits per heavy atom. The number of likely N-dealkylation sites (N-methyl/N-ethyl adjacent to an activating group) is 1. The number of aromatic nitrogens is 1. The van der Waals surface area contributed by atoms with Crippen molar-refractivity contribution >= 4 is 32.6 Å². The summed E-state index contributed by atoms with van der Waals surface area (Å²) in [6.07, 6.45) is 0. The largest absolute Gasteiger partial charge is 0.497 e. The van der Waals surface area contributed by atoms with E-state index in [2.05, 4.69) is 4.98 Å². The van der Waals surface area contributed by atoms with Crippen LogP contribution in [0.3, 0.4) is 0 Å². The van der Waals surface area contributed by atoms with E-state index in [-0.39, 0.29) is 12.5 Å². The number of ether oxygens (including phenoxy) is 2. The molecule has 0 saturated heterocycles. The molecule has 3 rings (SSSR count). The molecule has 1 aromatic heterocycles. The van der Waals surface area contributed by atoms with Crippen molar-refractivity contribution in [3.8, 4) is 11.5 Å². The summed E-state index contributed by atoms with van der Waals surface area (Å²) in [6, 6.07) is 15.1. The van der Waals surface area contributed by atoms with Crippen LogP contribution in [0, 0.1) is 0 Å². The van der Waals surface area contributed by atoms with E-state index in [0.29, 0.717) is 17.4 Å². The number of thiazole rings is 1. The number of fused-ring (bicyclic) bond motifs is 1. The highest BCUT2D eigenvalue weighted by Gasteiger charge is 2.20. The highest BCUT2D eigenvalue weighted by molar-refractivity contribution is 7.22. The Balaban J connectivity index is 1.80. The molecule has 0 aliphatic rings. The second-order valence-electron chi connectivity index (χ2n) is 6.28. The molecule has 6 nitrogen and oxygen atoms in total. The summed E-state index contributed by atoms with van der Waals surface area (Å²) >= 11 is 1.48. The zero-order valence-corrected chi connectivity index (χ0v) is 16.5. The first-order chi connectivity index (χ1) is 13.1. The number of hydrogen-bond donors (Lipinski definition) is 0. The molecule has 0 atom stereocenters. The molecular formula is C20H23N3O3S. The predicted molar refractivity (Wildman–Crippen MR) is 109 cm³/mol. The summed E-state index contributed by atoms with van der Waals surface area (Å²) in [5, 5.41) is 0.668. The predicted octanol–water partition coefficient (Wildman–Crippen LogP) is 3.28. The fourth-order valence-electron chi connectivity index (χ4n) is 2.50. The van der Waals surface area contributed by atoms with Gasteiger partial charge in [-0.15, -0.1) is 0 Å². The van der Waals surface area contributed by atoms with Gasteiger partial charge in [0, 0.05) is 13.1 Å². The number of para-hydroxylation sites is 1. The number of nitrogens with zero attached hydrogens (tertiary/aromatic N) is 3. The number of carbonyl (C=O) groups is 1. The molecule has 0 aliphatic carbocycles. The monoisotopic (exact) mass is 385 g/mol. The summed E-state index contributed by atoms with van der Waals surface area (Å²) in [5.41, 5.74) is 0.849. The lowest BCUT2D eigenvalue weighted by Gasteiger charge is -2.22. The summed E-state index contributed by atoms with van der Waals surface area (Å²) < 4.78 is 11.9. The molecule has 1 heterocycles. The highest BCUT2D eigenvalue weighted by atomic mass is 32.1.